The number of allylic oxidation sites excluding steroid dienone is 1. The van der Waals surface area contributed by atoms with E-state index in [4.69, 9.17) is 21.1 Å². The molecule has 0 saturated heterocycles. The van der Waals surface area contributed by atoms with Crippen LogP contribution in [0.3, 0.4) is 0 Å². The van der Waals surface area contributed by atoms with Gasteiger partial charge in [-0.15, -0.1) is 0 Å². The van der Waals surface area contributed by atoms with E-state index in [2.05, 4.69) is 0 Å². The van der Waals surface area contributed by atoms with Crippen molar-refractivity contribution in [2.45, 2.75) is 13.8 Å². The van der Waals surface area contributed by atoms with Gasteiger partial charge in [-0.3, -0.25) is 0 Å². The molecule has 1 aliphatic rings. The van der Waals surface area contributed by atoms with E-state index in [1.165, 1.54) is 5.57 Å². The molecule has 74 valence electrons. The summed E-state index contributed by atoms with van der Waals surface area (Å²) in [5.41, 5.74) is 2.17. The van der Waals surface area contributed by atoms with Crippen molar-refractivity contribution in [1.29, 1.82) is 0 Å². The van der Waals surface area contributed by atoms with Crippen molar-refractivity contribution in [3.8, 4) is 11.5 Å². The zero-order valence-electron chi connectivity index (χ0n) is 8.13. The third kappa shape index (κ3) is 1.70. The topological polar surface area (TPSA) is 18.5 Å². The molecular weight excluding hydrogens is 200 g/mol. The zero-order valence-corrected chi connectivity index (χ0v) is 8.89. The number of hydrogen-bond acceptors (Lipinski definition) is 2. The van der Waals surface area contributed by atoms with Crippen LogP contribution in [0.1, 0.15) is 19.4 Å². The predicted molar refractivity (Wildman–Crippen MR) is 56.9 cm³/mol. The first-order valence-electron chi connectivity index (χ1n) is 4.41. The summed E-state index contributed by atoms with van der Waals surface area (Å²) in [4.78, 5) is 0. The van der Waals surface area contributed by atoms with E-state index >= 15 is 0 Å². The maximum atomic E-state index is 6.07. The average Bonchev–Trinajstić information content (AvgIpc) is 2.51. The first kappa shape index (κ1) is 9.41. The number of halogens is 1. The molecule has 1 aromatic carbocycles. The molecule has 0 radical (unpaired) electrons. The van der Waals surface area contributed by atoms with Gasteiger partial charge in [-0.05, 0) is 25.5 Å². The monoisotopic (exact) mass is 210 g/mol. The first-order chi connectivity index (χ1) is 6.66. The summed E-state index contributed by atoms with van der Waals surface area (Å²) in [5.74, 6) is 1.49. The normalized spacial score (nSPS) is 12.8. The van der Waals surface area contributed by atoms with Gasteiger partial charge in [-0.25, -0.2) is 0 Å². The van der Waals surface area contributed by atoms with E-state index in [0.29, 0.717) is 5.02 Å². The van der Waals surface area contributed by atoms with Crippen molar-refractivity contribution in [3.63, 3.8) is 0 Å². The molecule has 0 aliphatic carbocycles. The van der Waals surface area contributed by atoms with Gasteiger partial charge in [-0.2, -0.15) is 0 Å². The SMILES string of the molecule is CC(C)=Cc1cc2c(cc1Cl)OCO2. The Morgan fingerprint density at radius 1 is 1.29 bits per heavy atom. The summed E-state index contributed by atoms with van der Waals surface area (Å²) in [6, 6.07) is 3.69. The minimum Gasteiger partial charge on any atom is -0.454 e. The number of fused-ring (bicyclic) bond motifs is 1. The Morgan fingerprint density at radius 3 is 2.57 bits per heavy atom. The lowest BCUT2D eigenvalue weighted by Crippen LogP contribution is -1.92. The standard InChI is InChI=1S/C11H11ClO2/c1-7(2)3-8-4-10-11(5-9(8)12)14-6-13-10/h3-5H,6H2,1-2H3. The van der Waals surface area contributed by atoms with Crippen LogP contribution >= 0.6 is 11.6 Å². The smallest absolute Gasteiger partial charge is 0.231 e. The second-order valence-corrected chi connectivity index (χ2v) is 3.86. The molecule has 0 atom stereocenters. The lowest BCUT2D eigenvalue weighted by Gasteiger charge is -2.02. The Balaban J connectivity index is 2.47. The fraction of sp³-hybridized carbons (Fsp3) is 0.273. The van der Waals surface area contributed by atoms with Crippen LogP contribution in [0.5, 0.6) is 11.5 Å². The molecule has 0 amide bonds. The lowest BCUT2D eigenvalue weighted by molar-refractivity contribution is 0.174. The highest BCUT2D eigenvalue weighted by atomic mass is 35.5. The quantitative estimate of drug-likeness (QED) is 0.707. The Kier molecular flexibility index (Phi) is 2.38. The highest BCUT2D eigenvalue weighted by Crippen LogP contribution is 2.37. The highest BCUT2D eigenvalue weighted by molar-refractivity contribution is 6.32. The van der Waals surface area contributed by atoms with Gasteiger partial charge in [0.05, 0.1) is 5.02 Å². The van der Waals surface area contributed by atoms with Gasteiger partial charge < -0.3 is 9.47 Å². The number of hydrogen-bond donors (Lipinski definition) is 0. The second-order valence-electron chi connectivity index (χ2n) is 3.45. The molecule has 14 heavy (non-hydrogen) atoms. The van der Waals surface area contributed by atoms with E-state index in [1.54, 1.807) is 6.07 Å². The van der Waals surface area contributed by atoms with E-state index in [9.17, 15) is 0 Å². The summed E-state index contributed by atoms with van der Waals surface area (Å²) in [7, 11) is 0. The van der Waals surface area contributed by atoms with Gasteiger partial charge in [0.15, 0.2) is 11.5 Å². The number of benzene rings is 1. The molecule has 2 nitrogen and oxygen atoms in total. The molecule has 0 aromatic heterocycles. The molecule has 1 aromatic rings. The molecule has 0 fully saturated rings. The molecule has 1 heterocycles. The van der Waals surface area contributed by atoms with Crippen LogP contribution < -0.4 is 9.47 Å². The van der Waals surface area contributed by atoms with Crippen LogP contribution in [0.25, 0.3) is 6.08 Å². The van der Waals surface area contributed by atoms with Crippen LogP contribution in [0.2, 0.25) is 5.02 Å². The fourth-order valence-corrected chi connectivity index (χ4v) is 1.56. The van der Waals surface area contributed by atoms with Gasteiger partial charge in [0.1, 0.15) is 0 Å². The number of ether oxygens (including phenoxy) is 2. The Hall–Kier alpha value is -1.15. The maximum Gasteiger partial charge on any atom is 0.231 e. The van der Waals surface area contributed by atoms with E-state index in [-0.39, 0.29) is 6.79 Å². The molecule has 0 N–H and O–H groups in total. The fourth-order valence-electron chi connectivity index (χ4n) is 1.35. The molecule has 2 rings (SSSR count). The third-order valence-corrected chi connectivity index (χ3v) is 2.26. The third-order valence-electron chi connectivity index (χ3n) is 1.94. The van der Waals surface area contributed by atoms with Gasteiger partial charge in [-0.1, -0.05) is 23.3 Å². The Bertz CT molecular complexity index is 393. The van der Waals surface area contributed by atoms with Crippen molar-refractivity contribution >= 4 is 17.7 Å². The highest BCUT2D eigenvalue weighted by Gasteiger charge is 2.15. The molecule has 0 saturated carbocycles. The van der Waals surface area contributed by atoms with Crippen LogP contribution in [0.4, 0.5) is 0 Å². The van der Waals surface area contributed by atoms with E-state index < -0.39 is 0 Å². The molecule has 1 aliphatic heterocycles. The van der Waals surface area contributed by atoms with Crippen molar-refractivity contribution in [2.75, 3.05) is 6.79 Å². The van der Waals surface area contributed by atoms with E-state index in [0.717, 1.165) is 17.1 Å². The lowest BCUT2D eigenvalue weighted by atomic mass is 10.1. The summed E-state index contributed by atoms with van der Waals surface area (Å²) < 4.78 is 10.5. The minimum absolute atomic E-state index is 0.282. The summed E-state index contributed by atoms with van der Waals surface area (Å²) in [6.45, 7) is 4.34. The van der Waals surface area contributed by atoms with Crippen molar-refractivity contribution in [1.82, 2.24) is 0 Å². The summed E-state index contributed by atoms with van der Waals surface area (Å²) >= 11 is 6.07. The molecule has 3 heteroatoms. The maximum absolute atomic E-state index is 6.07. The van der Waals surface area contributed by atoms with Crippen LogP contribution in [-0.4, -0.2) is 6.79 Å². The molecule has 0 unspecified atom stereocenters. The van der Waals surface area contributed by atoms with Gasteiger partial charge in [0.2, 0.25) is 6.79 Å². The van der Waals surface area contributed by atoms with Gasteiger partial charge in [0.25, 0.3) is 0 Å². The van der Waals surface area contributed by atoms with E-state index in [1.807, 2.05) is 26.0 Å². The minimum atomic E-state index is 0.282. The first-order valence-corrected chi connectivity index (χ1v) is 4.78. The van der Waals surface area contributed by atoms with Crippen LogP contribution in [0.15, 0.2) is 17.7 Å². The summed E-state index contributed by atoms with van der Waals surface area (Å²) in [5, 5.41) is 0.690. The molecule has 0 bridgehead atoms. The summed E-state index contributed by atoms with van der Waals surface area (Å²) in [6.07, 6.45) is 2.02. The Labute approximate surface area is 88.1 Å². The van der Waals surface area contributed by atoms with Crippen molar-refractivity contribution in [3.05, 3.63) is 28.3 Å². The predicted octanol–water partition coefficient (Wildman–Crippen LogP) is 3.49. The van der Waals surface area contributed by atoms with Crippen LogP contribution in [0, 0.1) is 0 Å². The second kappa shape index (κ2) is 3.54. The Morgan fingerprint density at radius 2 is 1.93 bits per heavy atom. The van der Waals surface area contributed by atoms with Crippen molar-refractivity contribution in [2.24, 2.45) is 0 Å². The largest absolute Gasteiger partial charge is 0.454 e. The van der Waals surface area contributed by atoms with Gasteiger partial charge >= 0.3 is 0 Å². The number of rotatable bonds is 1. The zero-order chi connectivity index (χ0) is 10.1. The van der Waals surface area contributed by atoms with Crippen molar-refractivity contribution < 1.29 is 9.47 Å². The molecule has 0 spiro atoms. The average molecular weight is 211 g/mol. The van der Waals surface area contributed by atoms with Gasteiger partial charge in [0, 0.05) is 6.07 Å². The molecular formula is C11H11ClO2. The van der Waals surface area contributed by atoms with Crippen LogP contribution in [-0.2, 0) is 0 Å².